The van der Waals surface area contributed by atoms with Crippen molar-refractivity contribution in [1.29, 1.82) is 0 Å². The Kier molecular flexibility index (Phi) is 5.50. The van der Waals surface area contributed by atoms with Gasteiger partial charge in [-0.1, -0.05) is 36.4 Å². The number of hydrogen-bond acceptors (Lipinski definition) is 7. The van der Waals surface area contributed by atoms with Gasteiger partial charge < -0.3 is 9.47 Å². The maximum absolute atomic E-state index is 12.8. The van der Waals surface area contributed by atoms with Crippen molar-refractivity contribution in [2.24, 2.45) is 0 Å². The van der Waals surface area contributed by atoms with Gasteiger partial charge >= 0.3 is 17.8 Å². The molecule has 0 atom stereocenters. The molecule has 5 rings (SSSR count). The molecule has 0 N–H and O–H groups in total. The lowest BCUT2D eigenvalue weighted by atomic mass is 10.1. The van der Waals surface area contributed by atoms with E-state index in [4.69, 9.17) is 9.47 Å². The van der Waals surface area contributed by atoms with Crippen molar-refractivity contribution in [3.8, 4) is 11.5 Å². The highest BCUT2D eigenvalue weighted by molar-refractivity contribution is 6.44. The number of rotatable bonds is 6. The standard InChI is InChI=1S/C23H24N4O5/c28-21-22(29)27(23(30)26(21)14-17-4-2-1-3-5-17)15-25-10-8-24(9-11-25)13-18-6-7-19-20(12-18)32-16-31-19/h1-7,12H,8-11,13-16H2. The van der Waals surface area contributed by atoms with Gasteiger partial charge in [0.25, 0.3) is 0 Å². The normalized spacial score (nSPS) is 19.3. The van der Waals surface area contributed by atoms with Crippen LogP contribution in [0.25, 0.3) is 0 Å². The van der Waals surface area contributed by atoms with E-state index in [0.717, 1.165) is 52.1 Å². The molecule has 0 bridgehead atoms. The van der Waals surface area contributed by atoms with Gasteiger partial charge in [0.1, 0.15) is 0 Å². The van der Waals surface area contributed by atoms with Gasteiger partial charge in [0.2, 0.25) is 6.79 Å². The van der Waals surface area contributed by atoms with E-state index in [9.17, 15) is 14.4 Å². The zero-order chi connectivity index (χ0) is 22.1. The van der Waals surface area contributed by atoms with Crippen LogP contribution in [0.1, 0.15) is 11.1 Å². The second-order valence-electron chi connectivity index (χ2n) is 8.12. The van der Waals surface area contributed by atoms with E-state index in [0.29, 0.717) is 13.1 Å². The van der Waals surface area contributed by atoms with Gasteiger partial charge in [-0.15, -0.1) is 0 Å². The molecule has 2 aromatic rings. The van der Waals surface area contributed by atoms with Gasteiger partial charge in [-0.3, -0.25) is 24.3 Å². The lowest BCUT2D eigenvalue weighted by Crippen LogP contribution is -2.51. The van der Waals surface area contributed by atoms with Gasteiger partial charge in [0, 0.05) is 32.7 Å². The highest BCUT2D eigenvalue weighted by Gasteiger charge is 2.45. The Morgan fingerprint density at radius 3 is 2.16 bits per heavy atom. The summed E-state index contributed by atoms with van der Waals surface area (Å²) in [5.74, 6) is 0.0281. The number of ether oxygens (including phenoxy) is 2. The number of benzene rings is 2. The molecule has 9 heteroatoms. The van der Waals surface area contributed by atoms with Gasteiger partial charge in [-0.2, -0.15) is 0 Å². The van der Waals surface area contributed by atoms with Gasteiger partial charge in [-0.05, 0) is 23.3 Å². The van der Waals surface area contributed by atoms with Crippen LogP contribution in [0.5, 0.6) is 11.5 Å². The van der Waals surface area contributed by atoms with E-state index in [1.54, 1.807) is 0 Å². The van der Waals surface area contributed by atoms with E-state index >= 15 is 0 Å². The highest BCUT2D eigenvalue weighted by Crippen LogP contribution is 2.32. The fourth-order valence-corrected chi connectivity index (χ4v) is 4.17. The number of urea groups is 1. The minimum absolute atomic E-state index is 0.101. The molecule has 2 aromatic carbocycles. The maximum Gasteiger partial charge on any atom is 0.335 e. The van der Waals surface area contributed by atoms with E-state index in [2.05, 4.69) is 4.90 Å². The zero-order valence-corrected chi connectivity index (χ0v) is 17.6. The molecule has 0 saturated carbocycles. The summed E-state index contributed by atoms with van der Waals surface area (Å²) in [6.07, 6.45) is 0. The van der Waals surface area contributed by atoms with Crippen molar-refractivity contribution in [3.05, 3.63) is 59.7 Å². The molecule has 4 amide bonds. The number of hydrogen-bond donors (Lipinski definition) is 0. The van der Waals surface area contributed by atoms with E-state index in [1.165, 1.54) is 0 Å². The Morgan fingerprint density at radius 1 is 0.688 bits per heavy atom. The fourth-order valence-electron chi connectivity index (χ4n) is 4.17. The van der Waals surface area contributed by atoms with Crippen molar-refractivity contribution < 1.29 is 23.9 Å². The summed E-state index contributed by atoms with van der Waals surface area (Å²) >= 11 is 0. The third-order valence-electron chi connectivity index (χ3n) is 5.97. The van der Waals surface area contributed by atoms with Crippen LogP contribution < -0.4 is 9.47 Å². The second-order valence-corrected chi connectivity index (χ2v) is 8.12. The van der Waals surface area contributed by atoms with Crippen LogP contribution in [0.4, 0.5) is 4.79 Å². The molecule has 3 aliphatic rings. The maximum atomic E-state index is 12.8. The lowest BCUT2D eigenvalue weighted by Gasteiger charge is -2.35. The van der Waals surface area contributed by atoms with E-state index in [1.807, 2.05) is 53.4 Å². The van der Waals surface area contributed by atoms with Gasteiger partial charge in [-0.25, -0.2) is 9.69 Å². The van der Waals surface area contributed by atoms with Gasteiger partial charge in [0.05, 0.1) is 13.2 Å². The summed E-state index contributed by atoms with van der Waals surface area (Å²) in [4.78, 5) is 44.0. The number of fused-ring (bicyclic) bond motifs is 1. The van der Waals surface area contributed by atoms with E-state index < -0.39 is 17.8 Å². The predicted octanol–water partition coefficient (Wildman–Crippen LogP) is 1.48. The first-order valence-electron chi connectivity index (χ1n) is 10.6. The van der Waals surface area contributed by atoms with Crippen molar-refractivity contribution in [2.45, 2.75) is 13.1 Å². The van der Waals surface area contributed by atoms with Crippen molar-refractivity contribution in [2.75, 3.05) is 39.6 Å². The molecular weight excluding hydrogens is 412 g/mol. The fraction of sp³-hybridized carbons (Fsp3) is 0.348. The Labute approximate surface area is 185 Å². The van der Waals surface area contributed by atoms with Crippen LogP contribution in [0.15, 0.2) is 48.5 Å². The number of nitrogens with zero attached hydrogens (tertiary/aromatic N) is 4. The molecule has 0 aromatic heterocycles. The first kappa shape index (κ1) is 20.5. The molecule has 9 nitrogen and oxygen atoms in total. The topological polar surface area (TPSA) is 82.6 Å². The SMILES string of the molecule is O=C1C(=O)N(CN2CCN(Cc3ccc4c(c3)OCO4)CC2)C(=O)N1Cc1ccccc1. The Balaban J connectivity index is 1.15. The number of carbonyl (C=O) groups excluding carboxylic acids is 3. The molecule has 0 aliphatic carbocycles. The monoisotopic (exact) mass is 436 g/mol. The smallest absolute Gasteiger partial charge is 0.335 e. The minimum Gasteiger partial charge on any atom is -0.454 e. The van der Waals surface area contributed by atoms with Gasteiger partial charge in [0.15, 0.2) is 11.5 Å². The van der Waals surface area contributed by atoms with Crippen molar-refractivity contribution in [3.63, 3.8) is 0 Å². The molecule has 2 fully saturated rings. The molecule has 32 heavy (non-hydrogen) atoms. The van der Waals surface area contributed by atoms with Crippen LogP contribution in [0.2, 0.25) is 0 Å². The average molecular weight is 436 g/mol. The third kappa shape index (κ3) is 4.04. The molecule has 2 saturated heterocycles. The summed E-state index contributed by atoms with van der Waals surface area (Å²) < 4.78 is 10.8. The van der Waals surface area contributed by atoms with Crippen molar-refractivity contribution >= 4 is 17.8 Å². The molecule has 0 unspecified atom stereocenters. The largest absolute Gasteiger partial charge is 0.454 e. The number of amides is 4. The molecule has 3 heterocycles. The Bertz CT molecular complexity index is 1040. The Morgan fingerprint density at radius 2 is 1.38 bits per heavy atom. The van der Waals surface area contributed by atoms with Crippen molar-refractivity contribution in [1.82, 2.24) is 19.6 Å². The number of carbonyl (C=O) groups is 3. The molecule has 0 radical (unpaired) electrons. The Hall–Kier alpha value is -3.43. The van der Waals surface area contributed by atoms with Crippen LogP contribution in [-0.4, -0.2) is 77.1 Å². The second kappa shape index (κ2) is 8.60. The minimum atomic E-state index is -0.764. The average Bonchev–Trinajstić information content (AvgIpc) is 3.36. The molecule has 166 valence electrons. The third-order valence-corrected chi connectivity index (χ3v) is 5.97. The van der Waals surface area contributed by atoms with Crippen LogP contribution >= 0.6 is 0 Å². The summed E-state index contributed by atoms with van der Waals surface area (Å²) in [5.41, 5.74) is 1.95. The summed E-state index contributed by atoms with van der Waals surface area (Å²) in [7, 11) is 0. The molecule has 3 aliphatic heterocycles. The summed E-state index contributed by atoms with van der Waals surface area (Å²) in [5, 5.41) is 0. The molecular formula is C23H24N4O5. The molecule has 0 spiro atoms. The number of piperazine rings is 1. The first-order chi connectivity index (χ1) is 15.6. The number of imide groups is 2. The van der Waals surface area contributed by atoms with Crippen LogP contribution in [0.3, 0.4) is 0 Å². The quantitative estimate of drug-likeness (QED) is 0.501. The van der Waals surface area contributed by atoms with Crippen LogP contribution in [0, 0.1) is 0 Å². The van der Waals surface area contributed by atoms with Crippen LogP contribution in [-0.2, 0) is 22.7 Å². The van der Waals surface area contributed by atoms with E-state index in [-0.39, 0.29) is 20.0 Å². The lowest BCUT2D eigenvalue weighted by molar-refractivity contribution is -0.144. The first-order valence-corrected chi connectivity index (χ1v) is 10.6. The highest BCUT2D eigenvalue weighted by atomic mass is 16.7. The predicted molar refractivity (Wildman–Crippen MR) is 114 cm³/mol. The summed E-state index contributed by atoms with van der Waals surface area (Å²) in [6.45, 7) is 4.28. The summed E-state index contributed by atoms with van der Waals surface area (Å²) in [6, 6.07) is 14.6. The zero-order valence-electron chi connectivity index (χ0n) is 17.6.